The van der Waals surface area contributed by atoms with Crippen molar-refractivity contribution in [3.63, 3.8) is 0 Å². The van der Waals surface area contributed by atoms with Gasteiger partial charge in [0, 0.05) is 5.56 Å². The van der Waals surface area contributed by atoms with E-state index < -0.39 is 0 Å². The van der Waals surface area contributed by atoms with Crippen molar-refractivity contribution in [2.75, 3.05) is 14.2 Å². The Balaban J connectivity index is 0.00000220. The van der Waals surface area contributed by atoms with Crippen molar-refractivity contribution in [1.29, 1.82) is 0 Å². The summed E-state index contributed by atoms with van der Waals surface area (Å²) in [5.41, 5.74) is 6.78. The zero-order chi connectivity index (χ0) is 14.7. The number of nitrogens with zero attached hydrogens (tertiary/aromatic N) is 2. The van der Waals surface area contributed by atoms with Gasteiger partial charge in [0.15, 0.2) is 11.5 Å². The van der Waals surface area contributed by atoms with Gasteiger partial charge >= 0.3 is 0 Å². The van der Waals surface area contributed by atoms with E-state index in [1.54, 1.807) is 26.4 Å². The number of hydrogen-bond acceptors (Lipinski definition) is 6. The lowest BCUT2D eigenvalue weighted by Crippen LogP contribution is -2.16. The third-order valence-corrected chi connectivity index (χ3v) is 3.09. The Morgan fingerprint density at radius 2 is 1.81 bits per heavy atom. The van der Waals surface area contributed by atoms with Crippen LogP contribution in [0.1, 0.15) is 25.8 Å². The van der Waals surface area contributed by atoms with Crippen LogP contribution in [0, 0.1) is 5.92 Å². The first-order valence-corrected chi connectivity index (χ1v) is 6.38. The first-order valence-electron chi connectivity index (χ1n) is 6.38. The van der Waals surface area contributed by atoms with E-state index in [0.717, 1.165) is 5.56 Å². The van der Waals surface area contributed by atoms with Crippen LogP contribution in [0.25, 0.3) is 11.4 Å². The molecule has 1 aromatic heterocycles. The lowest BCUT2D eigenvalue weighted by molar-refractivity contribution is 0.325. The molecule has 0 saturated heterocycles. The van der Waals surface area contributed by atoms with Gasteiger partial charge in [0.1, 0.15) is 0 Å². The van der Waals surface area contributed by atoms with Gasteiger partial charge in [0.25, 0.3) is 0 Å². The fraction of sp³-hybridized carbons (Fsp3) is 0.429. The van der Waals surface area contributed by atoms with Crippen LogP contribution in [-0.4, -0.2) is 24.4 Å². The van der Waals surface area contributed by atoms with E-state index in [1.807, 2.05) is 19.9 Å². The number of halogens is 1. The van der Waals surface area contributed by atoms with Crippen molar-refractivity contribution in [2.24, 2.45) is 11.7 Å². The largest absolute Gasteiger partial charge is 0.493 e. The summed E-state index contributed by atoms with van der Waals surface area (Å²) in [6.07, 6.45) is 0. The van der Waals surface area contributed by atoms with Crippen LogP contribution in [0.3, 0.4) is 0 Å². The first-order chi connectivity index (χ1) is 9.56. The molecule has 0 saturated carbocycles. The predicted octanol–water partition coefficient (Wildman–Crippen LogP) is 2.83. The van der Waals surface area contributed by atoms with Crippen LogP contribution in [0.4, 0.5) is 0 Å². The topological polar surface area (TPSA) is 83.4 Å². The van der Waals surface area contributed by atoms with Gasteiger partial charge in [-0.25, -0.2) is 0 Å². The van der Waals surface area contributed by atoms with Gasteiger partial charge in [0.2, 0.25) is 11.7 Å². The van der Waals surface area contributed by atoms with Gasteiger partial charge in [-0.15, -0.1) is 12.4 Å². The molecule has 2 aromatic rings. The highest BCUT2D eigenvalue weighted by Gasteiger charge is 2.19. The number of benzene rings is 1. The van der Waals surface area contributed by atoms with Crippen LogP contribution in [0.5, 0.6) is 11.5 Å². The maximum Gasteiger partial charge on any atom is 0.244 e. The average molecular weight is 314 g/mol. The molecule has 0 aliphatic rings. The van der Waals surface area contributed by atoms with Crippen LogP contribution in [0.15, 0.2) is 22.7 Å². The first kappa shape index (κ1) is 17.3. The minimum absolute atomic E-state index is 0. The molecule has 2 rings (SSSR count). The number of aromatic nitrogens is 2. The molecule has 21 heavy (non-hydrogen) atoms. The summed E-state index contributed by atoms with van der Waals surface area (Å²) in [6, 6.07) is 5.18. The summed E-state index contributed by atoms with van der Waals surface area (Å²) >= 11 is 0. The van der Waals surface area contributed by atoms with Crippen LogP contribution in [-0.2, 0) is 0 Å². The Morgan fingerprint density at radius 3 is 2.38 bits per heavy atom. The van der Waals surface area contributed by atoms with Crippen LogP contribution in [0.2, 0.25) is 0 Å². The SMILES string of the molecule is COc1ccc(-c2noc([C@@H](N)C(C)C)n2)cc1OC.Cl. The summed E-state index contributed by atoms with van der Waals surface area (Å²) in [5, 5.41) is 3.96. The third kappa shape index (κ3) is 3.65. The second-order valence-electron chi connectivity index (χ2n) is 4.80. The molecule has 1 heterocycles. The van der Waals surface area contributed by atoms with Gasteiger partial charge in [0.05, 0.1) is 20.3 Å². The highest BCUT2D eigenvalue weighted by molar-refractivity contribution is 5.85. The fourth-order valence-corrected chi connectivity index (χ4v) is 1.75. The molecule has 0 fully saturated rings. The zero-order valence-corrected chi connectivity index (χ0v) is 13.3. The van der Waals surface area contributed by atoms with Crippen molar-refractivity contribution in [3.05, 3.63) is 24.1 Å². The molecule has 1 aromatic carbocycles. The van der Waals surface area contributed by atoms with Crippen LogP contribution >= 0.6 is 12.4 Å². The third-order valence-electron chi connectivity index (χ3n) is 3.09. The van der Waals surface area contributed by atoms with E-state index in [4.69, 9.17) is 19.7 Å². The number of rotatable bonds is 5. The van der Waals surface area contributed by atoms with Crippen molar-refractivity contribution in [3.8, 4) is 22.9 Å². The molecule has 1 atom stereocenters. The molecule has 7 heteroatoms. The lowest BCUT2D eigenvalue weighted by atomic mass is 10.1. The molecule has 0 bridgehead atoms. The molecule has 116 valence electrons. The molecule has 0 unspecified atom stereocenters. The van der Waals surface area contributed by atoms with Crippen molar-refractivity contribution in [1.82, 2.24) is 10.1 Å². The van der Waals surface area contributed by atoms with Crippen molar-refractivity contribution in [2.45, 2.75) is 19.9 Å². The Bertz CT molecular complexity index is 587. The summed E-state index contributed by atoms with van der Waals surface area (Å²) in [6.45, 7) is 4.01. The van der Waals surface area contributed by atoms with Gasteiger partial charge in [-0.05, 0) is 24.1 Å². The molecular formula is C14H20ClN3O3. The fourth-order valence-electron chi connectivity index (χ4n) is 1.75. The molecule has 6 nitrogen and oxygen atoms in total. The van der Waals surface area contributed by atoms with Crippen LogP contribution < -0.4 is 15.2 Å². The molecular weight excluding hydrogens is 294 g/mol. The van der Waals surface area contributed by atoms with Crippen molar-refractivity contribution < 1.29 is 14.0 Å². The van der Waals surface area contributed by atoms with Gasteiger partial charge < -0.3 is 19.7 Å². The highest BCUT2D eigenvalue weighted by atomic mass is 35.5. The smallest absolute Gasteiger partial charge is 0.244 e. The highest BCUT2D eigenvalue weighted by Crippen LogP contribution is 2.31. The minimum atomic E-state index is -0.267. The van der Waals surface area contributed by atoms with Gasteiger partial charge in [-0.1, -0.05) is 19.0 Å². The molecule has 0 aliphatic carbocycles. The van der Waals surface area contributed by atoms with E-state index >= 15 is 0 Å². The molecule has 0 amide bonds. The van der Waals surface area contributed by atoms with Gasteiger partial charge in [-0.3, -0.25) is 0 Å². The van der Waals surface area contributed by atoms with Gasteiger partial charge in [-0.2, -0.15) is 4.98 Å². The molecule has 0 aliphatic heterocycles. The Hall–Kier alpha value is -1.79. The number of hydrogen-bond donors (Lipinski definition) is 1. The molecule has 0 radical (unpaired) electrons. The second-order valence-corrected chi connectivity index (χ2v) is 4.80. The van der Waals surface area contributed by atoms with E-state index in [2.05, 4.69) is 10.1 Å². The molecule has 2 N–H and O–H groups in total. The van der Waals surface area contributed by atoms with E-state index in [-0.39, 0.29) is 24.4 Å². The maximum absolute atomic E-state index is 5.99. The monoisotopic (exact) mass is 313 g/mol. The lowest BCUT2D eigenvalue weighted by Gasteiger charge is -2.09. The van der Waals surface area contributed by atoms with E-state index in [0.29, 0.717) is 23.2 Å². The maximum atomic E-state index is 5.99. The zero-order valence-electron chi connectivity index (χ0n) is 12.5. The standard InChI is InChI=1S/C14H19N3O3.ClH/c1-8(2)12(15)14-16-13(17-20-14)9-5-6-10(18-3)11(7-9)19-4;/h5-8,12H,15H2,1-4H3;1H/t12-;/m0./s1. The summed E-state index contributed by atoms with van der Waals surface area (Å²) in [5.74, 6) is 2.42. The number of nitrogens with two attached hydrogens (primary N) is 1. The summed E-state index contributed by atoms with van der Waals surface area (Å²) in [7, 11) is 3.17. The Labute approximate surface area is 130 Å². The summed E-state index contributed by atoms with van der Waals surface area (Å²) in [4.78, 5) is 4.33. The summed E-state index contributed by atoms with van der Waals surface area (Å²) < 4.78 is 15.7. The minimum Gasteiger partial charge on any atom is -0.493 e. The van der Waals surface area contributed by atoms with E-state index in [1.165, 1.54) is 0 Å². The molecule has 0 spiro atoms. The number of methoxy groups -OCH3 is 2. The predicted molar refractivity (Wildman–Crippen MR) is 81.9 cm³/mol. The quantitative estimate of drug-likeness (QED) is 0.913. The van der Waals surface area contributed by atoms with Crippen molar-refractivity contribution >= 4 is 12.4 Å². The Kier molecular flexibility index (Phi) is 5.99. The van der Waals surface area contributed by atoms with E-state index in [9.17, 15) is 0 Å². The number of ether oxygens (including phenoxy) is 2. The average Bonchev–Trinajstić information content (AvgIpc) is 2.95. The second kappa shape index (κ2) is 7.28. The Morgan fingerprint density at radius 1 is 1.14 bits per heavy atom. The normalized spacial score (nSPS) is 11.9.